The van der Waals surface area contributed by atoms with Gasteiger partial charge in [0.2, 0.25) is 0 Å². The van der Waals surface area contributed by atoms with Crippen molar-refractivity contribution in [3.63, 3.8) is 0 Å². The van der Waals surface area contributed by atoms with Crippen LogP contribution in [0.5, 0.6) is 5.75 Å². The molecule has 162 valence electrons. The predicted octanol–water partition coefficient (Wildman–Crippen LogP) is 4.12. The number of aliphatic carboxylic acids is 2. The summed E-state index contributed by atoms with van der Waals surface area (Å²) in [4.78, 5) is 23.1. The van der Waals surface area contributed by atoms with E-state index in [1.165, 1.54) is 32.1 Å². The number of benzene rings is 1. The van der Waals surface area contributed by atoms with Crippen LogP contribution in [0, 0.1) is 11.8 Å². The van der Waals surface area contributed by atoms with Crippen molar-refractivity contribution < 1.29 is 24.5 Å². The number of carboxylic acids is 2. The van der Waals surface area contributed by atoms with Crippen LogP contribution in [0.3, 0.4) is 0 Å². The van der Waals surface area contributed by atoms with Crippen LogP contribution in [-0.2, 0) is 16.0 Å². The van der Waals surface area contributed by atoms with Crippen LogP contribution in [0.4, 0.5) is 0 Å². The Balaban J connectivity index is 1.86. The Kier molecular flexibility index (Phi) is 9.45. The molecule has 6 heteroatoms. The summed E-state index contributed by atoms with van der Waals surface area (Å²) >= 11 is 0. The van der Waals surface area contributed by atoms with Crippen LogP contribution in [0.15, 0.2) is 24.3 Å². The zero-order valence-corrected chi connectivity index (χ0v) is 17.6. The molecule has 0 amide bonds. The maximum atomic E-state index is 11.6. The van der Waals surface area contributed by atoms with Gasteiger partial charge in [-0.2, -0.15) is 0 Å². The molecule has 0 saturated heterocycles. The van der Waals surface area contributed by atoms with Crippen molar-refractivity contribution >= 4 is 11.9 Å². The fourth-order valence-electron chi connectivity index (χ4n) is 3.95. The van der Waals surface area contributed by atoms with Crippen molar-refractivity contribution in [3.05, 3.63) is 29.8 Å². The van der Waals surface area contributed by atoms with Crippen LogP contribution in [-0.4, -0.2) is 40.8 Å². The molecule has 0 unspecified atom stereocenters. The monoisotopic (exact) mass is 405 g/mol. The van der Waals surface area contributed by atoms with Gasteiger partial charge in [0.25, 0.3) is 0 Å². The molecule has 0 spiro atoms. The lowest BCUT2D eigenvalue weighted by atomic mass is 9.87. The lowest BCUT2D eigenvalue weighted by Gasteiger charge is -2.22. The Morgan fingerprint density at radius 3 is 2.21 bits per heavy atom. The van der Waals surface area contributed by atoms with Gasteiger partial charge in [-0.1, -0.05) is 58.1 Å². The van der Waals surface area contributed by atoms with E-state index >= 15 is 0 Å². The lowest BCUT2D eigenvalue weighted by molar-refractivity contribution is -0.142. The van der Waals surface area contributed by atoms with E-state index in [0.717, 1.165) is 23.7 Å². The largest absolute Gasteiger partial charge is 0.494 e. The topological polar surface area (TPSA) is 95.9 Å². The minimum atomic E-state index is -1.05. The zero-order valence-electron chi connectivity index (χ0n) is 17.6. The van der Waals surface area contributed by atoms with E-state index in [1.807, 2.05) is 38.1 Å². The molecule has 1 saturated carbocycles. The van der Waals surface area contributed by atoms with E-state index in [-0.39, 0.29) is 12.3 Å². The molecule has 2 atom stereocenters. The van der Waals surface area contributed by atoms with Gasteiger partial charge >= 0.3 is 11.9 Å². The number of ether oxygens (including phenoxy) is 1. The molecule has 29 heavy (non-hydrogen) atoms. The molecule has 1 aliphatic rings. The molecule has 0 heterocycles. The molecule has 1 aromatic rings. The first-order valence-corrected chi connectivity index (χ1v) is 10.8. The molecular weight excluding hydrogens is 370 g/mol. The smallest absolute Gasteiger partial charge is 0.321 e. The molecule has 1 aliphatic carbocycles. The summed E-state index contributed by atoms with van der Waals surface area (Å²) in [6, 6.07) is 5.60. The maximum absolute atomic E-state index is 11.6. The van der Waals surface area contributed by atoms with Gasteiger partial charge in [-0.15, -0.1) is 0 Å². The van der Waals surface area contributed by atoms with E-state index in [2.05, 4.69) is 5.32 Å². The first-order valence-electron chi connectivity index (χ1n) is 10.8. The van der Waals surface area contributed by atoms with Crippen molar-refractivity contribution in [1.82, 2.24) is 5.32 Å². The van der Waals surface area contributed by atoms with E-state index in [4.69, 9.17) is 4.74 Å². The van der Waals surface area contributed by atoms with E-state index in [9.17, 15) is 19.8 Å². The summed E-state index contributed by atoms with van der Waals surface area (Å²) in [7, 11) is 0. The van der Waals surface area contributed by atoms with Gasteiger partial charge in [-0.25, -0.2) is 0 Å². The van der Waals surface area contributed by atoms with Gasteiger partial charge in [0.1, 0.15) is 17.8 Å². The maximum Gasteiger partial charge on any atom is 0.321 e. The molecule has 6 nitrogen and oxygen atoms in total. The normalized spacial score (nSPS) is 17.1. The average molecular weight is 406 g/mol. The van der Waals surface area contributed by atoms with Crippen LogP contribution in [0.1, 0.15) is 64.4 Å². The van der Waals surface area contributed by atoms with Crippen molar-refractivity contribution in [3.8, 4) is 5.75 Å². The number of carbonyl (C=O) groups is 2. The van der Waals surface area contributed by atoms with Gasteiger partial charge in [0.15, 0.2) is 0 Å². The van der Waals surface area contributed by atoms with Crippen molar-refractivity contribution in [2.45, 2.75) is 77.3 Å². The number of rotatable bonds is 12. The molecule has 0 bridgehead atoms. The van der Waals surface area contributed by atoms with Crippen molar-refractivity contribution in [2.75, 3.05) is 6.61 Å². The quantitative estimate of drug-likeness (QED) is 0.484. The van der Waals surface area contributed by atoms with Gasteiger partial charge in [0, 0.05) is 0 Å². The fourth-order valence-corrected chi connectivity index (χ4v) is 3.95. The zero-order chi connectivity index (χ0) is 21.2. The van der Waals surface area contributed by atoms with Crippen LogP contribution in [0.2, 0.25) is 0 Å². The van der Waals surface area contributed by atoms with Crippen molar-refractivity contribution in [2.24, 2.45) is 11.8 Å². The Morgan fingerprint density at radius 2 is 1.66 bits per heavy atom. The molecular formula is C23H35NO5. The molecule has 3 N–H and O–H groups in total. The van der Waals surface area contributed by atoms with Gasteiger partial charge in [-0.05, 0) is 48.8 Å². The predicted molar refractivity (Wildman–Crippen MR) is 112 cm³/mol. The minimum absolute atomic E-state index is 0.156. The van der Waals surface area contributed by atoms with Crippen LogP contribution < -0.4 is 10.1 Å². The fraction of sp³-hybridized carbons (Fsp3) is 0.652. The van der Waals surface area contributed by atoms with E-state index in [0.29, 0.717) is 13.0 Å². The number of hydrogen-bond acceptors (Lipinski definition) is 4. The summed E-state index contributed by atoms with van der Waals surface area (Å²) in [6.45, 7) is 4.54. The van der Waals surface area contributed by atoms with Crippen LogP contribution in [0.25, 0.3) is 0 Å². The summed E-state index contributed by atoms with van der Waals surface area (Å²) in [6.07, 6.45) is 8.32. The minimum Gasteiger partial charge on any atom is -0.494 e. The third kappa shape index (κ3) is 8.44. The summed E-state index contributed by atoms with van der Waals surface area (Å²) in [5.41, 5.74) is 0.832. The third-order valence-electron chi connectivity index (χ3n) is 5.59. The van der Waals surface area contributed by atoms with E-state index in [1.54, 1.807) is 0 Å². The Hall–Kier alpha value is -2.08. The highest BCUT2D eigenvalue weighted by atomic mass is 16.5. The summed E-state index contributed by atoms with van der Waals surface area (Å²) < 4.78 is 5.85. The molecule has 0 aliphatic heterocycles. The Morgan fingerprint density at radius 1 is 1.03 bits per heavy atom. The second-order valence-electron chi connectivity index (χ2n) is 8.57. The average Bonchev–Trinajstić information content (AvgIpc) is 2.68. The molecule has 0 aromatic heterocycles. The SMILES string of the molecule is CC(C)C[C@H](N[C@@H](Cc1ccc(OCCC2CCCCC2)cc1)C(=O)O)C(=O)O. The molecule has 2 rings (SSSR count). The van der Waals surface area contributed by atoms with Gasteiger partial charge in [-0.3, -0.25) is 14.9 Å². The Labute approximate surface area is 173 Å². The second kappa shape index (κ2) is 11.8. The van der Waals surface area contributed by atoms with E-state index < -0.39 is 24.0 Å². The van der Waals surface area contributed by atoms with Gasteiger partial charge in [0.05, 0.1) is 6.61 Å². The first kappa shape index (κ1) is 23.2. The Bertz CT molecular complexity index is 637. The number of carboxylic acid groups (broad SMARTS) is 2. The van der Waals surface area contributed by atoms with Crippen LogP contribution >= 0.6 is 0 Å². The molecule has 1 aromatic carbocycles. The standard InChI is InChI=1S/C23H35NO5/c1-16(2)14-20(22(25)26)24-21(23(27)28)15-18-8-10-19(11-9-18)29-13-12-17-6-4-3-5-7-17/h8-11,16-17,20-21,24H,3-7,12-15H2,1-2H3,(H,25,26)(H,27,28)/t20-,21-/m0/s1. The first-order chi connectivity index (χ1) is 13.8. The number of hydrogen-bond donors (Lipinski definition) is 3. The highest BCUT2D eigenvalue weighted by Crippen LogP contribution is 2.26. The van der Waals surface area contributed by atoms with Gasteiger partial charge < -0.3 is 14.9 Å². The lowest BCUT2D eigenvalue weighted by Crippen LogP contribution is -2.48. The summed E-state index contributed by atoms with van der Waals surface area (Å²) in [5, 5.41) is 21.7. The molecule has 0 radical (unpaired) electrons. The highest BCUT2D eigenvalue weighted by Gasteiger charge is 2.26. The number of nitrogens with one attached hydrogen (secondary N) is 1. The second-order valence-corrected chi connectivity index (χ2v) is 8.57. The summed E-state index contributed by atoms with van der Waals surface area (Å²) in [5.74, 6) is -0.353. The highest BCUT2D eigenvalue weighted by molar-refractivity contribution is 5.77. The molecule has 1 fully saturated rings. The van der Waals surface area contributed by atoms with Crippen molar-refractivity contribution in [1.29, 1.82) is 0 Å². The third-order valence-corrected chi connectivity index (χ3v) is 5.59.